The summed E-state index contributed by atoms with van der Waals surface area (Å²) in [7, 11) is 1.31. The zero-order valence-electron chi connectivity index (χ0n) is 9.68. The van der Waals surface area contributed by atoms with E-state index >= 15 is 0 Å². The third-order valence-electron chi connectivity index (χ3n) is 2.58. The topological polar surface area (TPSA) is 35.2 Å². The predicted molar refractivity (Wildman–Crippen MR) is 59.3 cm³/mol. The Balaban J connectivity index is 3.08. The number of halogens is 3. The molecule has 5 heteroatoms. The van der Waals surface area contributed by atoms with E-state index < -0.39 is 17.3 Å². The smallest absolute Gasteiger partial charge is 0.165 e. The van der Waals surface area contributed by atoms with Gasteiger partial charge in [0.15, 0.2) is 17.3 Å². The molecular weight excluding hydrogens is 231 g/mol. The molecule has 0 aromatic heterocycles. The Kier molecular flexibility index (Phi) is 4.96. The van der Waals surface area contributed by atoms with E-state index in [-0.39, 0.29) is 25.1 Å². The van der Waals surface area contributed by atoms with Crippen LogP contribution in [0, 0.1) is 11.6 Å². The maximum Gasteiger partial charge on any atom is 0.165 e. The van der Waals surface area contributed by atoms with Crippen LogP contribution in [0.5, 0.6) is 0 Å². The van der Waals surface area contributed by atoms with E-state index in [2.05, 4.69) is 0 Å². The molecule has 0 aliphatic carbocycles. The molecule has 0 aliphatic rings. The van der Waals surface area contributed by atoms with E-state index in [4.69, 9.17) is 10.5 Å². The number of nitrogens with two attached hydrogens (primary N) is 1. The molecule has 0 saturated carbocycles. The third-order valence-corrected chi connectivity index (χ3v) is 2.58. The molecule has 0 aliphatic heterocycles. The molecule has 96 valence electrons. The molecule has 0 heterocycles. The first-order valence-electron chi connectivity index (χ1n) is 5.37. The fraction of sp³-hybridized carbons (Fsp3) is 0.500. The summed E-state index contributed by atoms with van der Waals surface area (Å²) in [6.45, 7) is -0.0420. The second kappa shape index (κ2) is 6.02. The molecule has 1 atom stereocenters. The van der Waals surface area contributed by atoms with Crippen molar-refractivity contribution < 1.29 is 17.9 Å². The zero-order chi connectivity index (χ0) is 12.9. The highest BCUT2D eigenvalue weighted by Gasteiger charge is 2.35. The lowest BCUT2D eigenvalue weighted by Gasteiger charge is -2.25. The van der Waals surface area contributed by atoms with Crippen LogP contribution in [0.25, 0.3) is 0 Å². The summed E-state index contributed by atoms with van der Waals surface area (Å²) in [4.78, 5) is 0. The fourth-order valence-electron chi connectivity index (χ4n) is 1.75. The highest BCUT2D eigenvalue weighted by atomic mass is 19.2. The number of methoxy groups -OCH3 is 1. The average Bonchev–Trinajstić information content (AvgIpc) is 2.30. The lowest BCUT2D eigenvalue weighted by molar-refractivity contribution is 0.0272. The molecule has 17 heavy (non-hydrogen) atoms. The number of rotatable bonds is 6. The maximum atomic E-state index is 14.6. The van der Waals surface area contributed by atoms with Crippen molar-refractivity contribution in [3.8, 4) is 0 Å². The van der Waals surface area contributed by atoms with Gasteiger partial charge in [-0.1, -0.05) is 12.1 Å². The van der Waals surface area contributed by atoms with Gasteiger partial charge in [0.05, 0.1) is 6.61 Å². The van der Waals surface area contributed by atoms with Crippen molar-refractivity contribution in [3.63, 3.8) is 0 Å². The molecule has 0 saturated heterocycles. The highest BCUT2D eigenvalue weighted by molar-refractivity contribution is 5.25. The van der Waals surface area contributed by atoms with Gasteiger partial charge < -0.3 is 10.5 Å². The van der Waals surface area contributed by atoms with E-state index in [0.29, 0.717) is 6.42 Å². The third kappa shape index (κ3) is 3.20. The van der Waals surface area contributed by atoms with Gasteiger partial charge in [-0.15, -0.1) is 0 Å². The number of hydrogen-bond donors (Lipinski definition) is 1. The van der Waals surface area contributed by atoms with Crippen LogP contribution in [-0.2, 0) is 10.4 Å². The summed E-state index contributed by atoms with van der Waals surface area (Å²) < 4.78 is 45.9. The molecule has 1 aromatic carbocycles. The molecular formula is C12H16F3NO. The Morgan fingerprint density at radius 3 is 2.65 bits per heavy atom. The summed E-state index contributed by atoms with van der Waals surface area (Å²) in [6.07, 6.45) is 0.369. The van der Waals surface area contributed by atoms with Gasteiger partial charge in [-0.2, -0.15) is 0 Å². The second-order valence-corrected chi connectivity index (χ2v) is 3.89. The van der Waals surface area contributed by atoms with Crippen molar-refractivity contribution in [3.05, 3.63) is 35.4 Å². The maximum absolute atomic E-state index is 14.6. The van der Waals surface area contributed by atoms with Gasteiger partial charge in [0.2, 0.25) is 0 Å². The van der Waals surface area contributed by atoms with Crippen molar-refractivity contribution >= 4 is 0 Å². The Morgan fingerprint density at radius 1 is 1.35 bits per heavy atom. The minimum absolute atomic E-state index is 0.00227. The van der Waals surface area contributed by atoms with Crippen LogP contribution in [0.2, 0.25) is 0 Å². The van der Waals surface area contributed by atoms with Gasteiger partial charge in [-0.05, 0) is 25.5 Å². The summed E-state index contributed by atoms with van der Waals surface area (Å²) in [5.41, 5.74) is 2.95. The van der Waals surface area contributed by atoms with Gasteiger partial charge in [0.25, 0.3) is 0 Å². The molecule has 1 rings (SSSR count). The fourth-order valence-corrected chi connectivity index (χ4v) is 1.75. The summed E-state index contributed by atoms with van der Waals surface area (Å²) in [6, 6.07) is 3.46. The highest BCUT2D eigenvalue weighted by Crippen LogP contribution is 2.33. The molecule has 0 fully saturated rings. The van der Waals surface area contributed by atoms with E-state index in [1.807, 2.05) is 0 Å². The van der Waals surface area contributed by atoms with E-state index in [1.54, 1.807) is 0 Å². The first-order chi connectivity index (χ1) is 8.05. The molecule has 1 unspecified atom stereocenters. The second-order valence-electron chi connectivity index (χ2n) is 3.89. The predicted octanol–water partition coefficient (Wildman–Crippen LogP) is 2.51. The average molecular weight is 247 g/mol. The Hall–Kier alpha value is -1.07. The lowest BCUT2D eigenvalue weighted by Crippen LogP contribution is -2.28. The van der Waals surface area contributed by atoms with Crippen LogP contribution in [0.15, 0.2) is 18.2 Å². The van der Waals surface area contributed by atoms with Crippen LogP contribution < -0.4 is 5.73 Å². The van der Waals surface area contributed by atoms with Gasteiger partial charge >= 0.3 is 0 Å². The van der Waals surface area contributed by atoms with Gasteiger partial charge in [0.1, 0.15) is 0 Å². The van der Waals surface area contributed by atoms with Gasteiger partial charge in [0, 0.05) is 12.7 Å². The first-order valence-corrected chi connectivity index (χ1v) is 5.37. The standard InChI is InChI=1S/C12H16F3NO/c1-17-8-12(15,6-3-7-16)9-4-2-5-10(13)11(9)14/h2,4-5H,3,6-8,16H2,1H3. The number of benzene rings is 1. The Morgan fingerprint density at radius 2 is 2.06 bits per heavy atom. The number of alkyl halides is 1. The molecule has 0 radical (unpaired) electrons. The quantitative estimate of drug-likeness (QED) is 0.838. The summed E-state index contributed by atoms with van der Waals surface area (Å²) >= 11 is 0. The monoisotopic (exact) mass is 247 g/mol. The summed E-state index contributed by atoms with van der Waals surface area (Å²) in [5, 5.41) is 0. The molecule has 0 amide bonds. The zero-order valence-corrected chi connectivity index (χ0v) is 9.68. The molecule has 2 N–H and O–H groups in total. The van der Waals surface area contributed by atoms with Crippen molar-refractivity contribution in [1.29, 1.82) is 0 Å². The normalized spacial score (nSPS) is 14.6. The SMILES string of the molecule is COCC(F)(CCCN)c1cccc(F)c1F. The first kappa shape index (κ1) is 14.0. The Labute approximate surface area is 98.6 Å². The largest absolute Gasteiger partial charge is 0.381 e. The van der Waals surface area contributed by atoms with Crippen LogP contribution in [0.1, 0.15) is 18.4 Å². The Bertz CT molecular complexity index is 373. The van der Waals surface area contributed by atoms with E-state index in [9.17, 15) is 13.2 Å². The molecule has 1 aromatic rings. The minimum Gasteiger partial charge on any atom is -0.381 e. The van der Waals surface area contributed by atoms with Crippen molar-refractivity contribution in [2.45, 2.75) is 18.5 Å². The van der Waals surface area contributed by atoms with Crippen molar-refractivity contribution in [1.82, 2.24) is 0 Å². The van der Waals surface area contributed by atoms with Crippen LogP contribution in [-0.4, -0.2) is 20.3 Å². The van der Waals surface area contributed by atoms with Gasteiger partial charge in [-0.3, -0.25) is 0 Å². The summed E-state index contributed by atoms with van der Waals surface area (Å²) in [5.74, 6) is -2.22. The van der Waals surface area contributed by atoms with Gasteiger partial charge in [-0.25, -0.2) is 13.2 Å². The minimum atomic E-state index is -2.04. The molecule has 0 bridgehead atoms. The van der Waals surface area contributed by atoms with Crippen molar-refractivity contribution in [2.24, 2.45) is 5.73 Å². The molecule has 2 nitrogen and oxygen atoms in total. The lowest BCUT2D eigenvalue weighted by atomic mass is 9.91. The van der Waals surface area contributed by atoms with E-state index in [0.717, 1.165) is 6.07 Å². The van der Waals surface area contributed by atoms with Crippen molar-refractivity contribution in [2.75, 3.05) is 20.3 Å². The van der Waals surface area contributed by atoms with E-state index in [1.165, 1.54) is 19.2 Å². The number of ether oxygens (including phenoxy) is 1. The van der Waals surface area contributed by atoms with Crippen LogP contribution in [0.4, 0.5) is 13.2 Å². The van der Waals surface area contributed by atoms with Crippen LogP contribution in [0.3, 0.4) is 0 Å². The molecule has 0 spiro atoms. The van der Waals surface area contributed by atoms with Crippen LogP contribution >= 0.6 is 0 Å². The number of hydrogen-bond acceptors (Lipinski definition) is 2.